The third-order valence-electron chi connectivity index (χ3n) is 7.25. The van der Waals surface area contributed by atoms with Crippen LogP contribution in [-0.4, -0.2) is 36.3 Å². The molecular formula is C26H22F4N6O2S. The van der Waals surface area contributed by atoms with Crippen LogP contribution < -0.4 is 10.5 Å². The van der Waals surface area contributed by atoms with E-state index in [0.717, 1.165) is 17.8 Å². The predicted molar refractivity (Wildman–Crippen MR) is 135 cm³/mol. The summed E-state index contributed by atoms with van der Waals surface area (Å²) in [6, 6.07) is 4.16. The molecule has 0 spiro atoms. The number of aromatic nitrogens is 4. The first-order valence-electron chi connectivity index (χ1n) is 12.1. The van der Waals surface area contributed by atoms with Crippen molar-refractivity contribution in [1.29, 1.82) is 0 Å². The van der Waals surface area contributed by atoms with Crippen LogP contribution in [0, 0.1) is 17.6 Å². The molecule has 1 aromatic carbocycles. The van der Waals surface area contributed by atoms with E-state index in [1.165, 1.54) is 37.8 Å². The van der Waals surface area contributed by atoms with Gasteiger partial charge in [-0.25, -0.2) is 32.5 Å². The van der Waals surface area contributed by atoms with Crippen LogP contribution in [0.25, 0.3) is 11.0 Å². The number of amidine groups is 1. The summed E-state index contributed by atoms with van der Waals surface area (Å²) < 4.78 is 67.4. The van der Waals surface area contributed by atoms with Gasteiger partial charge in [0.2, 0.25) is 11.8 Å². The van der Waals surface area contributed by atoms with E-state index in [9.17, 15) is 13.2 Å². The zero-order valence-electron chi connectivity index (χ0n) is 20.7. The lowest BCUT2D eigenvalue weighted by atomic mass is 9.84. The van der Waals surface area contributed by atoms with E-state index in [1.54, 1.807) is 13.0 Å². The summed E-state index contributed by atoms with van der Waals surface area (Å²) >= 11 is 0.807. The van der Waals surface area contributed by atoms with E-state index >= 15 is 4.39 Å². The van der Waals surface area contributed by atoms with Crippen molar-refractivity contribution in [2.75, 3.05) is 0 Å². The number of benzene rings is 1. The summed E-state index contributed by atoms with van der Waals surface area (Å²) in [5.41, 5.74) is 6.10. The molecule has 1 saturated carbocycles. The largest absolute Gasteiger partial charge is 0.464 e. The van der Waals surface area contributed by atoms with Crippen molar-refractivity contribution in [2.45, 2.75) is 49.5 Å². The Bertz CT molecular complexity index is 1600. The molecule has 1 fully saturated rings. The number of ether oxygens (including phenoxy) is 1. The highest BCUT2D eigenvalue weighted by Gasteiger charge is 2.71. The second-order valence-electron chi connectivity index (χ2n) is 9.79. The maximum absolute atomic E-state index is 15.2. The van der Waals surface area contributed by atoms with Crippen LogP contribution in [0.15, 0.2) is 52.5 Å². The van der Waals surface area contributed by atoms with E-state index in [4.69, 9.17) is 14.9 Å². The Morgan fingerprint density at radius 2 is 2.03 bits per heavy atom. The van der Waals surface area contributed by atoms with Gasteiger partial charge < -0.3 is 14.9 Å². The van der Waals surface area contributed by atoms with Gasteiger partial charge in [-0.1, -0.05) is 11.8 Å². The molecule has 4 heterocycles. The number of hydrogen-bond donors (Lipinski definition) is 1. The Labute approximate surface area is 224 Å². The second kappa shape index (κ2) is 9.18. The minimum Gasteiger partial charge on any atom is -0.464 e. The smallest absolute Gasteiger partial charge is 0.253 e. The van der Waals surface area contributed by atoms with E-state index in [0.29, 0.717) is 28.2 Å². The maximum atomic E-state index is 15.2. The molecule has 4 atom stereocenters. The molecule has 1 aliphatic carbocycles. The number of oxazole rings is 1. The molecule has 0 radical (unpaired) electrons. The van der Waals surface area contributed by atoms with Gasteiger partial charge >= 0.3 is 0 Å². The fraction of sp³-hybridized carbons (Fsp3) is 0.346. The quantitative estimate of drug-likeness (QED) is 0.303. The molecule has 0 saturated heterocycles. The Kier molecular flexibility index (Phi) is 6.01. The minimum absolute atomic E-state index is 0.0714. The summed E-state index contributed by atoms with van der Waals surface area (Å²) in [5.74, 6) is -2.31. The SMILES string of the molecule is C[C@@H](Oc1cnc2c(Cc3cc(F)c(F)c([C@@]4(C)N=C(N)S[C@@]5(C(F)F)C[C@@H]45)c3)nccc2n1)c1ncco1. The molecule has 202 valence electrons. The fourth-order valence-corrected chi connectivity index (χ4v) is 6.59. The van der Waals surface area contributed by atoms with Gasteiger partial charge in [0, 0.05) is 24.1 Å². The zero-order chi connectivity index (χ0) is 27.5. The van der Waals surface area contributed by atoms with E-state index in [-0.39, 0.29) is 29.5 Å². The Morgan fingerprint density at radius 3 is 2.77 bits per heavy atom. The highest BCUT2D eigenvalue weighted by Crippen LogP contribution is 2.68. The number of alkyl halides is 2. The molecule has 0 bridgehead atoms. The van der Waals surface area contributed by atoms with Gasteiger partial charge in [-0.3, -0.25) is 9.98 Å². The Morgan fingerprint density at radius 1 is 1.21 bits per heavy atom. The summed E-state index contributed by atoms with van der Waals surface area (Å²) in [4.78, 5) is 21.7. The lowest BCUT2D eigenvalue weighted by molar-refractivity contribution is 0.123. The van der Waals surface area contributed by atoms with Crippen molar-refractivity contribution >= 4 is 28.0 Å². The number of nitrogens with zero attached hydrogens (tertiary/aromatic N) is 5. The Balaban J connectivity index is 1.32. The number of thioether (sulfide) groups is 1. The third-order valence-corrected chi connectivity index (χ3v) is 8.56. The first-order chi connectivity index (χ1) is 18.6. The first kappa shape index (κ1) is 25.5. The zero-order valence-corrected chi connectivity index (χ0v) is 21.6. The highest BCUT2D eigenvalue weighted by atomic mass is 32.2. The van der Waals surface area contributed by atoms with Crippen LogP contribution in [-0.2, 0) is 12.0 Å². The van der Waals surface area contributed by atoms with Crippen LogP contribution in [0.2, 0.25) is 0 Å². The van der Waals surface area contributed by atoms with Crippen LogP contribution in [0.1, 0.15) is 49.1 Å². The molecule has 2 aliphatic rings. The van der Waals surface area contributed by atoms with Crippen molar-refractivity contribution in [2.24, 2.45) is 16.6 Å². The van der Waals surface area contributed by atoms with Gasteiger partial charge in [0.15, 0.2) is 22.9 Å². The maximum Gasteiger partial charge on any atom is 0.253 e. The normalized spacial score (nSPS) is 24.9. The van der Waals surface area contributed by atoms with Gasteiger partial charge in [0.25, 0.3) is 6.43 Å². The molecule has 13 heteroatoms. The number of halogens is 4. The van der Waals surface area contributed by atoms with Crippen LogP contribution in [0.5, 0.6) is 5.88 Å². The highest BCUT2D eigenvalue weighted by molar-refractivity contribution is 8.15. The average Bonchev–Trinajstić information content (AvgIpc) is 3.40. The third kappa shape index (κ3) is 4.28. The average molecular weight is 559 g/mol. The van der Waals surface area contributed by atoms with Crippen molar-refractivity contribution in [3.05, 3.63) is 77.4 Å². The minimum atomic E-state index is -2.68. The van der Waals surface area contributed by atoms with Crippen molar-refractivity contribution < 1.29 is 26.7 Å². The second-order valence-corrected chi connectivity index (χ2v) is 11.2. The van der Waals surface area contributed by atoms with Crippen LogP contribution in [0.3, 0.4) is 0 Å². The molecule has 8 nitrogen and oxygen atoms in total. The Hall–Kier alpha value is -3.74. The molecule has 1 aliphatic heterocycles. The van der Waals surface area contributed by atoms with E-state index < -0.39 is 40.4 Å². The van der Waals surface area contributed by atoms with Gasteiger partial charge in [-0.2, -0.15) is 0 Å². The van der Waals surface area contributed by atoms with E-state index in [2.05, 4.69) is 24.9 Å². The summed E-state index contributed by atoms with van der Waals surface area (Å²) in [6.45, 7) is 3.28. The van der Waals surface area contributed by atoms with Gasteiger partial charge in [-0.05, 0) is 44.0 Å². The first-order valence-corrected chi connectivity index (χ1v) is 12.9. The predicted octanol–water partition coefficient (Wildman–Crippen LogP) is 5.32. The number of rotatable bonds is 7. The molecule has 2 N–H and O–H groups in total. The number of hydrogen-bond acceptors (Lipinski definition) is 9. The molecule has 6 rings (SSSR count). The van der Waals surface area contributed by atoms with Crippen molar-refractivity contribution in [3.63, 3.8) is 0 Å². The topological polar surface area (TPSA) is 112 Å². The van der Waals surface area contributed by atoms with Crippen molar-refractivity contribution in [3.8, 4) is 5.88 Å². The van der Waals surface area contributed by atoms with Crippen LogP contribution >= 0.6 is 11.8 Å². The van der Waals surface area contributed by atoms with Crippen molar-refractivity contribution in [1.82, 2.24) is 19.9 Å². The summed E-state index contributed by atoms with van der Waals surface area (Å²) in [6.07, 6.45) is 2.91. The summed E-state index contributed by atoms with van der Waals surface area (Å²) in [5, 5.41) is -0.0714. The standard InChI is InChI=1S/C26H22F4N6O2S/c1-12(22-33-5-6-37-22)38-19-11-34-21-16(35-19)3-4-32-17(21)9-13-7-14(20(28)15(27)8-13)25(2)18-10-26(18,23(29)30)39-24(31)36-25/h3-8,11-12,18,23H,9-10H2,1-2H3,(H2,31,36)/t12-,18+,25-,26+/m1/s1. The molecule has 0 amide bonds. The molecule has 4 aromatic rings. The number of fused-ring (bicyclic) bond motifs is 2. The number of pyridine rings is 1. The van der Waals surface area contributed by atoms with E-state index in [1.807, 2.05) is 0 Å². The van der Waals surface area contributed by atoms with Gasteiger partial charge in [-0.15, -0.1) is 0 Å². The van der Waals surface area contributed by atoms with Gasteiger partial charge in [0.1, 0.15) is 11.8 Å². The summed E-state index contributed by atoms with van der Waals surface area (Å²) in [7, 11) is 0. The number of aliphatic imine (C=N–C) groups is 1. The molecular weight excluding hydrogens is 536 g/mol. The van der Waals surface area contributed by atoms with Gasteiger partial charge in [0.05, 0.1) is 33.9 Å². The number of nitrogens with two attached hydrogens (primary N) is 1. The molecule has 3 aromatic heterocycles. The lowest BCUT2D eigenvalue weighted by Crippen LogP contribution is -2.39. The fourth-order valence-electron chi connectivity index (χ4n) is 5.25. The molecule has 39 heavy (non-hydrogen) atoms. The van der Waals surface area contributed by atoms with Crippen LogP contribution in [0.4, 0.5) is 17.6 Å². The monoisotopic (exact) mass is 558 g/mol. The molecule has 0 unspecified atom stereocenters. The lowest BCUT2D eigenvalue weighted by Gasteiger charge is -2.34.